The molecule has 2 atom stereocenters. The van der Waals surface area contributed by atoms with Crippen LogP contribution in [0.2, 0.25) is 0 Å². The highest BCUT2D eigenvalue weighted by molar-refractivity contribution is 7.10. The molecular weight excluding hydrogens is 406 g/mol. The van der Waals surface area contributed by atoms with Crippen LogP contribution >= 0.6 is 11.3 Å². The molecule has 0 spiro atoms. The van der Waals surface area contributed by atoms with Crippen molar-refractivity contribution in [3.63, 3.8) is 0 Å². The lowest BCUT2D eigenvalue weighted by molar-refractivity contribution is -0.136. The van der Waals surface area contributed by atoms with Gasteiger partial charge in [0.2, 0.25) is 5.91 Å². The van der Waals surface area contributed by atoms with Crippen LogP contribution in [0.4, 0.5) is 0 Å². The number of likely N-dealkylation sites (tertiary alicyclic amines) is 1. The molecule has 1 amide bonds. The largest absolute Gasteiger partial charge is 0.332 e. The first-order valence-electron chi connectivity index (χ1n) is 11.1. The Morgan fingerprint density at radius 2 is 1.87 bits per heavy atom. The summed E-state index contributed by atoms with van der Waals surface area (Å²) < 4.78 is 0. The number of rotatable bonds is 4. The maximum absolute atomic E-state index is 13.3. The lowest BCUT2D eigenvalue weighted by Gasteiger charge is -2.31. The SMILES string of the molecule is NC(C(=O)N1CCC[C@H]1c1nc(-c2cccc3ccccc23)cs1)C1CCC(=O)CC1. The Labute approximate surface area is 186 Å². The van der Waals surface area contributed by atoms with Gasteiger partial charge in [0.1, 0.15) is 10.8 Å². The number of amides is 1. The minimum atomic E-state index is -0.522. The van der Waals surface area contributed by atoms with E-state index in [1.54, 1.807) is 11.3 Å². The predicted octanol–water partition coefficient (Wildman–Crippen LogP) is 4.71. The van der Waals surface area contributed by atoms with Gasteiger partial charge in [0.05, 0.1) is 17.8 Å². The summed E-state index contributed by atoms with van der Waals surface area (Å²) in [6.45, 7) is 0.728. The average Bonchev–Trinajstić information content (AvgIpc) is 3.48. The molecule has 1 aliphatic carbocycles. The van der Waals surface area contributed by atoms with Crippen molar-refractivity contribution in [1.29, 1.82) is 0 Å². The van der Waals surface area contributed by atoms with E-state index in [4.69, 9.17) is 10.7 Å². The first-order chi connectivity index (χ1) is 15.1. The Morgan fingerprint density at radius 1 is 1.10 bits per heavy atom. The Hall–Kier alpha value is -2.57. The fourth-order valence-corrected chi connectivity index (χ4v) is 5.98. The van der Waals surface area contributed by atoms with E-state index in [0.29, 0.717) is 18.6 Å². The van der Waals surface area contributed by atoms with Gasteiger partial charge in [-0.25, -0.2) is 4.98 Å². The van der Waals surface area contributed by atoms with E-state index in [0.717, 1.165) is 48.5 Å². The number of ketones is 1. The summed E-state index contributed by atoms with van der Waals surface area (Å²) in [7, 11) is 0. The van der Waals surface area contributed by atoms with Crippen LogP contribution < -0.4 is 5.73 Å². The van der Waals surface area contributed by atoms with Crippen molar-refractivity contribution in [3.05, 3.63) is 52.9 Å². The minimum absolute atomic E-state index is 0.00232. The molecule has 2 N–H and O–H groups in total. The summed E-state index contributed by atoms with van der Waals surface area (Å²) >= 11 is 1.63. The summed E-state index contributed by atoms with van der Waals surface area (Å²) in [5.41, 5.74) is 8.49. The molecule has 3 aromatic rings. The quantitative estimate of drug-likeness (QED) is 0.646. The second-order valence-corrected chi connectivity index (χ2v) is 9.58. The van der Waals surface area contributed by atoms with Gasteiger partial charge in [-0.2, -0.15) is 0 Å². The fourth-order valence-electron chi connectivity index (χ4n) is 5.01. The highest BCUT2D eigenvalue weighted by atomic mass is 32.1. The summed E-state index contributed by atoms with van der Waals surface area (Å²) in [6.07, 6.45) is 4.45. The van der Waals surface area contributed by atoms with Gasteiger partial charge in [-0.1, -0.05) is 42.5 Å². The van der Waals surface area contributed by atoms with Crippen molar-refractivity contribution in [2.45, 2.75) is 50.6 Å². The molecule has 1 aliphatic heterocycles. The molecule has 2 aromatic carbocycles. The van der Waals surface area contributed by atoms with Crippen molar-refractivity contribution in [2.24, 2.45) is 11.7 Å². The van der Waals surface area contributed by atoms with Crippen molar-refractivity contribution in [2.75, 3.05) is 6.54 Å². The highest BCUT2D eigenvalue weighted by Crippen LogP contribution is 2.38. The molecule has 0 radical (unpaired) electrons. The van der Waals surface area contributed by atoms with E-state index in [1.165, 1.54) is 10.8 Å². The van der Waals surface area contributed by atoms with Crippen molar-refractivity contribution in [1.82, 2.24) is 9.88 Å². The number of Topliss-reactive ketones (excluding diaryl/α,β-unsaturated/α-hetero) is 1. The predicted molar refractivity (Wildman–Crippen MR) is 124 cm³/mol. The molecule has 1 aromatic heterocycles. The van der Waals surface area contributed by atoms with Gasteiger partial charge >= 0.3 is 0 Å². The second-order valence-electron chi connectivity index (χ2n) is 8.69. The van der Waals surface area contributed by atoms with Crippen molar-refractivity contribution in [3.8, 4) is 11.3 Å². The van der Waals surface area contributed by atoms with Gasteiger partial charge in [-0.3, -0.25) is 9.59 Å². The Kier molecular flexibility index (Phi) is 5.59. The van der Waals surface area contributed by atoms with E-state index in [1.807, 2.05) is 11.0 Å². The number of aromatic nitrogens is 1. The third-order valence-corrected chi connectivity index (χ3v) is 7.74. The summed E-state index contributed by atoms with van der Waals surface area (Å²) in [6, 6.07) is 14.1. The standard InChI is InChI=1S/C25H27N3O2S/c26-23(17-10-12-18(29)13-11-17)25(30)28-14-4-9-22(28)24-27-21(15-31-24)20-8-3-6-16-5-1-2-7-19(16)20/h1-3,5-8,15,17,22-23H,4,9-14,26H2/t22-,23?/m0/s1. The normalized spacial score (nSPS) is 21.0. The zero-order valence-corrected chi connectivity index (χ0v) is 18.3. The van der Waals surface area contributed by atoms with E-state index in [2.05, 4.69) is 41.8 Å². The Balaban J connectivity index is 1.37. The van der Waals surface area contributed by atoms with Crippen LogP contribution in [-0.4, -0.2) is 34.2 Å². The lowest BCUT2D eigenvalue weighted by Crippen LogP contribution is -2.48. The minimum Gasteiger partial charge on any atom is -0.332 e. The van der Waals surface area contributed by atoms with E-state index in [9.17, 15) is 9.59 Å². The van der Waals surface area contributed by atoms with Crippen molar-refractivity contribution >= 4 is 33.8 Å². The van der Waals surface area contributed by atoms with Crippen molar-refractivity contribution < 1.29 is 9.59 Å². The van der Waals surface area contributed by atoms with E-state index in [-0.39, 0.29) is 17.9 Å². The Bertz CT molecular complexity index is 1110. The molecule has 1 saturated heterocycles. The second kappa shape index (κ2) is 8.52. The van der Waals surface area contributed by atoms with Crippen LogP contribution in [0.15, 0.2) is 47.8 Å². The molecule has 5 nitrogen and oxygen atoms in total. The third-order valence-electron chi connectivity index (χ3n) is 6.79. The topological polar surface area (TPSA) is 76.3 Å². The van der Waals surface area contributed by atoms with Crippen LogP contribution in [0.25, 0.3) is 22.0 Å². The van der Waals surface area contributed by atoms with Crippen LogP contribution in [0.1, 0.15) is 49.6 Å². The third kappa shape index (κ3) is 3.90. The number of carbonyl (C=O) groups excluding carboxylic acids is 2. The number of hydrogen-bond donors (Lipinski definition) is 1. The molecule has 160 valence electrons. The molecule has 0 bridgehead atoms. The van der Waals surface area contributed by atoms with Crippen LogP contribution in [0.5, 0.6) is 0 Å². The molecule has 1 saturated carbocycles. The number of nitrogens with zero attached hydrogens (tertiary/aromatic N) is 2. The lowest BCUT2D eigenvalue weighted by atomic mass is 9.83. The zero-order valence-electron chi connectivity index (χ0n) is 17.5. The molecule has 31 heavy (non-hydrogen) atoms. The smallest absolute Gasteiger partial charge is 0.240 e. The van der Waals surface area contributed by atoms with Gasteiger partial charge < -0.3 is 10.6 Å². The number of thiazole rings is 1. The van der Waals surface area contributed by atoms with E-state index >= 15 is 0 Å². The Morgan fingerprint density at radius 3 is 2.71 bits per heavy atom. The monoisotopic (exact) mass is 433 g/mol. The molecule has 2 fully saturated rings. The first-order valence-corrected chi connectivity index (χ1v) is 12.0. The maximum Gasteiger partial charge on any atom is 0.240 e. The van der Waals surface area contributed by atoms with Crippen LogP contribution in [0.3, 0.4) is 0 Å². The number of fused-ring (bicyclic) bond motifs is 1. The summed E-state index contributed by atoms with van der Waals surface area (Å²) in [4.78, 5) is 31.7. The van der Waals surface area contributed by atoms with Gasteiger partial charge in [0.15, 0.2) is 0 Å². The van der Waals surface area contributed by atoms with Crippen LogP contribution in [-0.2, 0) is 9.59 Å². The van der Waals surface area contributed by atoms with Gasteiger partial charge in [-0.05, 0) is 42.4 Å². The average molecular weight is 434 g/mol. The van der Waals surface area contributed by atoms with Crippen LogP contribution in [0, 0.1) is 5.92 Å². The molecule has 1 unspecified atom stereocenters. The molecule has 5 rings (SSSR count). The van der Waals surface area contributed by atoms with Gasteiger partial charge in [-0.15, -0.1) is 11.3 Å². The molecule has 2 heterocycles. The molecule has 6 heteroatoms. The highest BCUT2D eigenvalue weighted by Gasteiger charge is 2.37. The van der Waals surface area contributed by atoms with Gasteiger partial charge in [0, 0.05) is 30.3 Å². The molecular formula is C25H27N3O2S. The maximum atomic E-state index is 13.3. The first kappa shape index (κ1) is 20.3. The molecule has 2 aliphatic rings. The number of hydrogen-bond acceptors (Lipinski definition) is 5. The fraction of sp³-hybridized carbons (Fsp3) is 0.400. The zero-order chi connectivity index (χ0) is 21.4. The van der Waals surface area contributed by atoms with Gasteiger partial charge in [0.25, 0.3) is 0 Å². The number of nitrogens with two attached hydrogens (primary N) is 1. The van der Waals surface area contributed by atoms with E-state index < -0.39 is 6.04 Å². The number of benzene rings is 2. The number of carbonyl (C=O) groups is 2. The summed E-state index contributed by atoms with van der Waals surface area (Å²) in [5.74, 6) is 0.413. The summed E-state index contributed by atoms with van der Waals surface area (Å²) in [5, 5.41) is 5.48.